The molecule has 4 N–H and O–H groups in total. The Bertz CT molecular complexity index is 345. The number of hydrogen-bond acceptors (Lipinski definition) is 3. The molecule has 1 aromatic carbocycles. The van der Waals surface area contributed by atoms with Crippen molar-refractivity contribution in [1.29, 1.82) is 0 Å². The summed E-state index contributed by atoms with van der Waals surface area (Å²) in [5.41, 5.74) is 6.03. The molecule has 0 bridgehead atoms. The van der Waals surface area contributed by atoms with Gasteiger partial charge in [0.2, 0.25) is 0 Å². The van der Waals surface area contributed by atoms with Crippen LogP contribution in [0.2, 0.25) is 0 Å². The van der Waals surface area contributed by atoms with Crippen LogP contribution in [-0.4, -0.2) is 17.3 Å². The number of aromatic hydroxyl groups is 1. The number of phenolic OH excluding ortho intramolecular Hbond substituents is 1. The van der Waals surface area contributed by atoms with Gasteiger partial charge in [0.25, 0.3) is 0 Å². The fourth-order valence-electron chi connectivity index (χ4n) is 0.795. The van der Waals surface area contributed by atoms with Crippen molar-refractivity contribution in [2.24, 2.45) is 0 Å². The summed E-state index contributed by atoms with van der Waals surface area (Å²) >= 11 is 8.15. The first-order valence-corrected chi connectivity index (χ1v) is 5.06. The van der Waals surface area contributed by atoms with Gasteiger partial charge in [-0.2, -0.15) is 0 Å². The molecular formula is C8H10BrN3OS. The Morgan fingerprint density at radius 2 is 2.21 bits per heavy atom. The topological polar surface area (TPSA) is 56.3 Å². The monoisotopic (exact) mass is 275 g/mol. The van der Waals surface area contributed by atoms with E-state index in [-0.39, 0.29) is 5.75 Å². The number of hydrogen-bond donors (Lipinski definition) is 4. The molecule has 0 fully saturated rings. The molecule has 14 heavy (non-hydrogen) atoms. The van der Waals surface area contributed by atoms with E-state index in [1.54, 1.807) is 25.2 Å². The second kappa shape index (κ2) is 5.02. The van der Waals surface area contributed by atoms with Gasteiger partial charge < -0.3 is 10.4 Å². The summed E-state index contributed by atoms with van der Waals surface area (Å²) in [6.07, 6.45) is 0. The quantitative estimate of drug-likeness (QED) is 0.375. The van der Waals surface area contributed by atoms with Gasteiger partial charge in [-0.1, -0.05) is 15.9 Å². The highest BCUT2D eigenvalue weighted by Gasteiger charge is 2.00. The second-order valence-electron chi connectivity index (χ2n) is 2.49. The van der Waals surface area contributed by atoms with Crippen molar-refractivity contribution in [2.75, 3.05) is 12.5 Å². The molecule has 0 aromatic heterocycles. The minimum Gasteiger partial charge on any atom is -0.506 e. The molecular weight excluding hydrogens is 266 g/mol. The van der Waals surface area contributed by atoms with Crippen LogP contribution in [0.5, 0.6) is 5.75 Å². The third-order valence-electron chi connectivity index (χ3n) is 1.50. The molecule has 0 spiro atoms. The number of benzene rings is 1. The van der Waals surface area contributed by atoms with Crippen molar-refractivity contribution in [3.63, 3.8) is 0 Å². The molecule has 4 nitrogen and oxygen atoms in total. The van der Waals surface area contributed by atoms with Crippen molar-refractivity contribution in [3.8, 4) is 5.75 Å². The number of rotatable bonds is 2. The molecule has 0 saturated carbocycles. The van der Waals surface area contributed by atoms with Gasteiger partial charge in [0.05, 0.1) is 5.69 Å². The van der Waals surface area contributed by atoms with Crippen LogP contribution >= 0.6 is 28.1 Å². The Balaban J connectivity index is 2.66. The number of anilines is 1. The van der Waals surface area contributed by atoms with E-state index in [4.69, 9.17) is 12.2 Å². The summed E-state index contributed by atoms with van der Waals surface area (Å²) in [4.78, 5) is 0. The van der Waals surface area contributed by atoms with E-state index in [1.807, 2.05) is 0 Å². The molecule has 1 rings (SSSR count). The van der Waals surface area contributed by atoms with Gasteiger partial charge in [-0.25, -0.2) is 0 Å². The van der Waals surface area contributed by atoms with E-state index in [1.165, 1.54) is 0 Å². The molecule has 0 aliphatic carbocycles. The van der Waals surface area contributed by atoms with E-state index in [0.29, 0.717) is 10.8 Å². The van der Waals surface area contributed by atoms with Crippen LogP contribution in [0.1, 0.15) is 0 Å². The van der Waals surface area contributed by atoms with Gasteiger partial charge >= 0.3 is 0 Å². The van der Waals surface area contributed by atoms with Gasteiger partial charge in [-0.3, -0.25) is 10.9 Å². The van der Waals surface area contributed by atoms with Crippen LogP contribution in [0, 0.1) is 0 Å². The van der Waals surface area contributed by atoms with Crippen LogP contribution in [-0.2, 0) is 0 Å². The number of thiocarbonyl (C=S) groups is 1. The molecule has 0 heterocycles. The largest absolute Gasteiger partial charge is 0.506 e. The third kappa shape index (κ3) is 3.04. The van der Waals surface area contributed by atoms with Crippen molar-refractivity contribution in [1.82, 2.24) is 10.7 Å². The summed E-state index contributed by atoms with van der Waals surface area (Å²) in [7, 11) is 1.71. The number of phenols is 1. The molecule has 0 aliphatic heterocycles. The average Bonchev–Trinajstić information content (AvgIpc) is 2.19. The normalized spacial score (nSPS) is 9.29. The first kappa shape index (κ1) is 11.1. The highest BCUT2D eigenvalue weighted by molar-refractivity contribution is 9.10. The number of hydrazine groups is 1. The van der Waals surface area contributed by atoms with Crippen molar-refractivity contribution < 1.29 is 5.11 Å². The zero-order valence-electron chi connectivity index (χ0n) is 7.47. The first-order valence-electron chi connectivity index (χ1n) is 3.85. The molecule has 0 radical (unpaired) electrons. The van der Waals surface area contributed by atoms with E-state index < -0.39 is 0 Å². The van der Waals surface area contributed by atoms with Crippen molar-refractivity contribution >= 4 is 38.9 Å². The molecule has 76 valence electrons. The van der Waals surface area contributed by atoms with E-state index >= 15 is 0 Å². The SMILES string of the molecule is CNC(=S)NNc1cc(Br)ccc1O. The lowest BCUT2D eigenvalue weighted by Gasteiger charge is -2.11. The van der Waals surface area contributed by atoms with Gasteiger partial charge in [0.15, 0.2) is 5.11 Å². The molecule has 0 saturated heterocycles. The Hall–Kier alpha value is -1.01. The average molecular weight is 276 g/mol. The van der Waals surface area contributed by atoms with Crippen molar-refractivity contribution in [3.05, 3.63) is 22.7 Å². The summed E-state index contributed by atoms with van der Waals surface area (Å²) in [6, 6.07) is 5.06. The minimum atomic E-state index is 0.152. The minimum absolute atomic E-state index is 0.152. The molecule has 6 heteroatoms. The Morgan fingerprint density at radius 1 is 1.50 bits per heavy atom. The zero-order chi connectivity index (χ0) is 10.6. The Kier molecular flexibility index (Phi) is 3.97. The number of nitrogens with one attached hydrogen (secondary N) is 3. The maximum Gasteiger partial charge on any atom is 0.184 e. The fourth-order valence-corrected chi connectivity index (χ4v) is 1.21. The summed E-state index contributed by atoms with van der Waals surface area (Å²) < 4.78 is 0.870. The van der Waals surface area contributed by atoms with Gasteiger partial charge in [0.1, 0.15) is 5.75 Å². The van der Waals surface area contributed by atoms with Crippen LogP contribution in [0.3, 0.4) is 0 Å². The van der Waals surface area contributed by atoms with E-state index in [2.05, 4.69) is 32.1 Å². The van der Waals surface area contributed by atoms with Crippen LogP contribution in [0.4, 0.5) is 5.69 Å². The van der Waals surface area contributed by atoms with Gasteiger partial charge in [0, 0.05) is 11.5 Å². The molecule has 0 unspecified atom stereocenters. The summed E-state index contributed by atoms with van der Waals surface area (Å²) in [5, 5.41) is 12.6. The summed E-state index contributed by atoms with van der Waals surface area (Å²) in [6.45, 7) is 0. The molecule has 0 atom stereocenters. The lowest BCUT2D eigenvalue weighted by molar-refractivity contribution is 0.477. The van der Waals surface area contributed by atoms with Crippen LogP contribution < -0.4 is 16.2 Å². The zero-order valence-corrected chi connectivity index (χ0v) is 9.87. The van der Waals surface area contributed by atoms with Gasteiger partial charge in [-0.05, 0) is 30.4 Å². The van der Waals surface area contributed by atoms with Gasteiger partial charge in [-0.15, -0.1) is 0 Å². The third-order valence-corrected chi connectivity index (χ3v) is 2.30. The number of halogens is 1. The van der Waals surface area contributed by atoms with Crippen molar-refractivity contribution in [2.45, 2.75) is 0 Å². The maximum atomic E-state index is 9.43. The predicted octanol–water partition coefficient (Wildman–Crippen LogP) is 1.58. The fraction of sp³-hybridized carbons (Fsp3) is 0.125. The maximum absolute atomic E-state index is 9.43. The highest BCUT2D eigenvalue weighted by Crippen LogP contribution is 2.25. The highest BCUT2D eigenvalue weighted by atomic mass is 79.9. The lowest BCUT2D eigenvalue weighted by atomic mass is 10.3. The smallest absolute Gasteiger partial charge is 0.184 e. The van der Waals surface area contributed by atoms with E-state index in [9.17, 15) is 5.11 Å². The standard InChI is InChI=1S/C8H10BrN3OS/c1-10-8(14)12-11-6-4-5(9)2-3-7(6)13/h2-4,11,13H,1H3,(H2,10,12,14). The predicted molar refractivity (Wildman–Crippen MR) is 64.2 cm³/mol. The first-order chi connectivity index (χ1) is 6.63. The Labute approximate surface area is 95.8 Å². The van der Waals surface area contributed by atoms with Crippen LogP contribution in [0.15, 0.2) is 22.7 Å². The lowest BCUT2D eigenvalue weighted by Crippen LogP contribution is -2.36. The second-order valence-corrected chi connectivity index (χ2v) is 3.81. The van der Waals surface area contributed by atoms with E-state index in [0.717, 1.165) is 4.47 Å². The molecule has 0 aliphatic rings. The van der Waals surface area contributed by atoms with Crippen LogP contribution in [0.25, 0.3) is 0 Å². The molecule has 1 aromatic rings. The molecule has 0 amide bonds. The Morgan fingerprint density at radius 3 is 2.86 bits per heavy atom. The summed E-state index contributed by atoms with van der Waals surface area (Å²) in [5.74, 6) is 0.152.